The molecule has 0 saturated carbocycles. The Kier molecular flexibility index (Phi) is 5.74. The maximum Gasteiger partial charge on any atom is 0.243 e. The highest BCUT2D eigenvalue weighted by Crippen LogP contribution is 2.50. The molecule has 0 bridgehead atoms. The quantitative estimate of drug-likeness (QED) is 0.670. The zero-order chi connectivity index (χ0) is 20.4. The van der Waals surface area contributed by atoms with Crippen LogP contribution in [0.4, 0.5) is 5.69 Å². The SMILES string of the molecule is CCCN(CCC)S(=O)(=O)c1ccc2c(c1)C1C=CCC1C(c1cccnc1)N2. The van der Waals surface area contributed by atoms with Gasteiger partial charge in [0.2, 0.25) is 10.0 Å². The van der Waals surface area contributed by atoms with Crippen LogP contribution in [0.15, 0.2) is 59.8 Å². The van der Waals surface area contributed by atoms with Gasteiger partial charge in [0, 0.05) is 37.1 Å². The minimum Gasteiger partial charge on any atom is -0.378 e. The van der Waals surface area contributed by atoms with Crippen LogP contribution in [0.5, 0.6) is 0 Å². The molecule has 2 heterocycles. The largest absolute Gasteiger partial charge is 0.378 e. The van der Waals surface area contributed by atoms with Gasteiger partial charge in [-0.3, -0.25) is 4.98 Å². The number of nitrogens with one attached hydrogen (secondary N) is 1. The summed E-state index contributed by atoms with van der Waals surface area (Å²) in [6, 6.07) is 9.83. The van der Waals surface area contributed by atoms with Gasteiger partial charge >= 0.3 is 0 Å². The second-order valence-electron chi connectivity index (χ2n) is 7.92. The van der Waals surface area contributed by atoms with Gasteiger partial charge in [-0.05, 0) is 60.6 Å². The summed E-state index contributed by atoms with van der Waals surface area (Å²) in [7, 11) is -3.48. The summed E-state index contributed by atoms with van der Waals surface area (Å²) in [4.78, 5) is 4.69. The minimum absolute atomic E-state index is 0.176. The minimum atomic E-state index is -3.48. The van der Waals surface area contributed by atoms with Crippen LogP contribution in [0.1, 0.15) is 56.2 Å². The lowest BCUT2D eigenvalue weighted by molar-refractivity contribution is 0.408. The summed E-state index contributed by atoms with van der Waals surface area (Å²) in [6.45, 7) is 5.14. The smallest absolute Gasteiger partial charge is 0.243 e. The molecule has 6 heteroatoms. The van der Waals surface area contributed by atoms with Crippen LogP contribution in [0, 0.1) is 5.92 Å². The van der Waals surface area contributed by atoms with Crippen molar-refractivity contribution in [2.24, 2.45) is 5.92 Å². The maximum absolute atomic E-state index is 13.3. The number of hydrogen-bond donors (Lipinski definition) is 1. The molecule has 1 aliphatic heterocycles. The van der Waals surface area contributed by atoms with Crippen molar-refractivity contribution in [3.05, 3.63) is 66.0 Å². The lowest BCUT2D eigenvalue weighted by Gasteiger charge is -2.37. The van der Waals surface area contributed by atoms with Crippen molar-refractivity contribution in [2.75, 3.05) is 18.4 Å². The fourth-order valence-corrected chi connectivity index (χ4v) is 6.28. The van der Waals surface area contributed by atoms with E-state index in [1.54, 1.807) is 16.6 Å². The van der Waals surface area contributed by atoms with Crippen molar-refractivity contribution < 1.29 is 8.42 Å². The molecule has 154 valence electrons. The van der Waals surface area contributed by atoms with Crippen molar-refractivity contribution in [1.29, 1.82) is 0 Å². The number of allylic oxidation sites excluding steroid dienone is 2. The predicted octanol–water partition coefficient (Wildman–Crippen LogP) is 4.72. The van der Waals surface area contributed by atoms with Gasteiger partial charge in [0.1, 0.15) is 0 Å². The van der Waals surface area contributed by atoms with Gasteiger partial charge in [-0.2, -0.15) is 4.31 Å². The molecule has 3 atom stereocenters. The standard InChI is InChI=1S/C23H29N3O2S/c1-3-13-26(14-4-2)29(27,28)18-10-11-22-21(15-18)19-8-5-9-20(19)23(25-22)17-7-6-12-24-16-17/h5-8,10-12,15-16,19-20,23,25H,3-4,9,13-14H2,1-2H3. The van der Waals surface area contributed by atoms with E-state index in [2.05, 4.69) is 28.5 Å². The number of nitrogens with zero attached hydrogens (tertiary/aromatic N) is 2. The first-order valence-electron chi connectivity index (χ1n) is 10.5. The van der Waals surface area contributed by atoms with Gasteiger partial charge in [-0.15, -0.1) is 0 Å². The summed E-state index contributed by atoms with van der Waals surface area (Å²) in [6.07, 6.45) is 10.8. The zero-order valence-corrected chi connectivity index (χ0v) is 17.9. The number of pyridine rings is 1. The molecule has 2 aliphatic rings. The second kappa shape index (κ2) is 8.28. The molecule has 1 aromatic carbocycles. The van der Waals surface area contributed by atoms with Gasteiger partial charge < -0.3 is 5.32 Å². The van der Waals surface area contributed by atoms with Crippen molar-refractivity contribution in [3.63, 3.8) is 0 Å². The Morgan fingerprint density at radius 1 is 1.17 bits per heavy atom. The zero-order valence-electron chi connectivity index (χ0n) is 17.1. The molecule has 2 aromatic rings. The number of anilines is 1. The Balaban J connectivity index is 1.71. The van der Waals surface area contributed by atoms with Gasteiger partial charge in [-0.25, -0.2) is 8.42 Å². The summed E-state index contributed by atoms with van der Waals surface area (Å²) in [5.74, 6) is 0.587. The van der Waals surface area contributed by atoms with Crippen LogP contribution in [0.3, 0.4) is 0 Å². The molecule has 29 heavy (non-hydrogen) atoms. The van der Waals surface area contributed by atoms with Gasteiger partial charge in [0.25, 0.3) is 0 Å². The molecular weight excluding hydrogens is 382 g/mol. The Labute approximate surface area is 173 Å². The molecule has 0 fully saturated rings. The lowest BCUT2D eigenvalue weighted by Crippen LogP contribution is -2.33. The maximum atomic E-state index is 13.3. The monoisotopic (exact) mass is 411 g/mol. The third kappa shape index (κ3) is 3.71. The van der Waals surface area contributed by atoms with E-state index >= 15 is 0 Å². The number of rotatable bonds is 7. The molecule has 1 aromatic heterocycles. The van der Waals surface area contributed by atoms with Crippen LogP contribution < -0.4 is 5.32 Å². The van der Waals surface area contributed by atoms with E-state index in [-0.39, 0.29) is 12.0 Å². The van der Waals surface area contributed by atoms with E-state index in [4.69, 9.17) is 0 Å². The Morgan fingerprint density at radius 3 is 2.66 bits per heavy atom. The summed E-state index contributed by atoms with van der Waals surface area (Å²) >= 11 is 0. The first-order valence-corrected chi connectivity index (χ1v) is 12.0. The number of hydrogen-bond acceptors (Lipinski definition) is 4. The van der Waals surface area contributed by atoms with Crippen LogP contribution >= 0.6 is 0 Å². The second-order valence-corrected chi connectivity index (χ2v) is 9.85. The van der Waals surface area contributed by atoms with Crippen molar-refractivity contribution in [2.45, 2.75) is 50.0 Å². The highest BCUT2D eigenvalue weighted by molar-refractivity contribution is 7.89. The summed E-state index contributed by atoms with van der Waals surface area (Å²) < 4.78 is 28.1. The van der Waals surface area contributed by atoms with Crippen molar-refractivity contribution in [3.8, 4) is 0 Å². The van der Waals surface area contributed by atoms with Gasteiger partial charge in [0.15, 0.2) is 0 Å². The first-order chi connectivity index (χ1) is 14.1. The van der Waals surface area contributed by atoms with E-state index in [9.17, 15) is 8.42 Å². The number of sulfonamides is 1. The Bertz CT molecular complexity index is 982. The van der Waals surface area contributed by atoms with Crippen LogP contribution in [-0.4, -0.2) is 30.8 Å². The van der Waals surface area contributed by atoms with E-state index in [0.717, 1.165) is 30.5 Å². The lowest BCUT2D eigenvalue weighted by atomic mass is 9.77. The topological polar surface area (TPSA) is 62.3 Å². The van der Waals surface area contributed by atoms with Crippen LogP contribution in [0.2, 0.25) is 0 Å². The van der Waals surface area contributed by atoms with E-state index in [1.165, 1.54) is 5.56 Å². The van der Waals surface area contributed by atoms with Crippen LogP contribution in [-0.2, 0) is 10.0 Å². The molecule has 0 amide bonds. The van der Waals surface area contributed by atoms with Gasteiger partial charge in [0.05, 0.1) is 10.9 Å². The number of fused-ring (bicyclic) bond motifs is 3. The van der Waals surface area contributed by atoms with Crippen molar-refractivity contribution >= 4 is 15.7 Å². The molecule has 0 saturated heterocycles. The van der Waals surface area contributed by atoms with E-state index in [1.807, 2.05) is 38.2 Å². The average Bonchev–Trinajstić information content (AvgIpc) is 3.23. The molecule has 0 radical (unpaired) electrons. The first kappa shape index (κ1) is 20.1. The third-order valence-corrected chi connectivity index (χ3v) is 7.86. The summed E-state index contributed by atoms with van der Waals surface area (Å²) in [5, 5.41) is 3.65. The molecular formula is C23H29N3O2S. The Hall–Kier alpha value is -2.18. The number of aromatic nitrogens is 1. The predicted molar refractivity (Wildman–Crippen MR) is 116 cm³/mol. The average molecular weight is 412 g/mol. The fraction of sp³-hybridized carbons (Fsp3) is 0.435. The summed E-state index contributed by atoms with van der Waals surface area (Å²) in [5.41, 5.74) is 3.27. The Morgan fingerprint density at radius 2 is 1.97 bits per heavy atom. The molecule has 5 nitrogen and oxygen atoms in total. The third-order valence-electron chi connectivity index (χ3n) is 5.96. The highest BCUT2D eigenvalue weighted by atomic mass is 32.2. The fourth-order valence-electron chi connectivity index (χ4n) is 4.62. The normalized spacial score (nSPS) is 22.9. The van der Waals surface area contributed by atoms with Crippen molar-refractivity contribution in [1.82, 2.24) is 9.29 Å². The van der Waals surface area contributed by atoms with Gasteiger partial charge in [-0.1, -0.05) is 32.1 Å². The molecule has 1 aliphatic carbocycles. The molecule has 3 unspecified atom stereocenters. The number of benzene rings is 1. The highest BCUT2D eigenvalue weighted by Gasteiger charge is 2.38. The molecule has 1 N–H and O–H groups in total. The van der Waals surface area contributed by atoms with E-state index < -0.39 is 10.0 Å². The molecule has 4 rings (SSSR count). The van der Waals surface area contributed by atoms with E-state index in [0.29, 0.717) is 23.9 Å². The molecule has 0 spiro atoms. The van der Waals surface area contributed by atoms with Crippen LogP contribution in [0.25, 0.3) is 0 Å².